The number of alkyl halides is 3. The highest BCUT2D eigenvalue weighted by Crippen LogP contribution is 2.31. The van der Waals surface area contributed by atoms with Crippen molar-refractivity contribution in [2.75, 3.05) is 10.8 Å². The zero-order valence-corrected chi connectivity index (χ0v) is 22.9. The van der Waals surface area contributed by atoms with Crippen LogP contribution in [0.25, 0.3) is 11.3 Å². The Balaban J connectivity index is 1.41. The highest BCUT2D eigenvalue weighted by atomic mass is 35.5. The summed E-state index contributed by atoms with van der Waals surface area (Å²) in [6.07, 6.45) is -1.68. The van der Waals surface area contributed by atoms with E-state index in [9.17, 15) is 26.4 Å². The number of benzene rings is 3. The molecule has 1 amide bonds. The number of carbonyl (C=O) groups excluding carboxylic acids is 1. The molecule has 0 spiro atoms. The van der Waals surface area contributed by atoms with E-state index >= 15 is 0 Å². The summed E-state index contributed by atoms with van der Waals surface area (Å²) in [5.74, 6) is 0.0791. The van der Waals surface area contributed by atoms with Crippen molar-refractivity contribution >= 4 is 45.0 Å². The lowest BCUT2D eigenvalue weighted by atomic mass is 10.1. The van der Waals surface area contributed by atoms with Crippen LogP contribution in [0.15, 0.2) is 72.9 Å². The van der Waals surface area contributed by atoms with Gasteiger partial charge >= 0.3 is 16.4 Å². The molecule has 1 aliphatic heterocycles. The van der Waals surface area contributed by atoms with Crippen molar-refractivity contribution in [3.63, 3.8) is 0 Å². The fourth-order valence-electron chi connectivity index (χ4n) is 4.38. The molecule has 1 aromatic heterocycles. The van der Waals surface area contributed by atoms with Gasteiger partial charge in [-0.25, -0.2) is 14.0 Å². The minimum absolute atomic E-state index is 0.289. The first-order chi connectivity index (χ1) is 18.9. The number of nitrogens with one attached hydrogen (secondary N) is 1. The Hall–Kier alpha value is -3.54. The third-order valence-electron chi connectivity index (χ3n) is 6.38. The van der Waals surface area contributed by atoms with E-state index in [0.29, 0.717) is 52.2 Å². The fraction of sp³-hybridized carbons (Fsp3) is 0.185. The van der Waals surface area contributed by atoms with E-state index in [2.05, 4.69) is 0 Å². The second-order valence-electron chi connectivity index (χ2n) is 9.19. The molecule has 1 saturated heterocycles. The summed E-state index contributed by atoms with van der Waals surface area (Å²) in [5.41, 5.74) is 2.49. The number of aryl methyl sites for hydroxylation is 2. The van der Waals surface area contributed by atoms with Crippen molar-refractivity contribution in [3.8, 4) is 11.3 Å². The molecular formula is C27H21Cl2F3N4O3S. The maximum Gasteiger partial charge on any atom is 0.416 e. The van der Waals surface area contributed by atoms with Gasteiger partial charge in [-0.2, -0.15) is 21.6 Å². The molecule has 1 N–H and O–H groups in total. The maximum atomic E-state index is 12.9. The Labute approximate surface area is 238 Å². The van der Waals surface area contributed by atoms with Crippen molar-refractivity contribution in [2.24, 2.45) is 0 Å². The molecule has 4 aromatic rings. The van der Waals surface area contributed by atoms with Crippen molar-refractivity contribution in [3.05, 3.63) is 105 Å². The van der Waals surface area contributed by atoms with Gasteiger partial charge in [0.2, 0.25) is 0 Å². The van der Waals surface area contributed by atoms with Crippen LogP contribution in [0, 0.1) is 0 Å². The second kappa shape index (κ2) is 10.8. The quantitative estimate of drug-likeness (QED) is 0.283. The third-order valence-corrected chi connectivity index (χ3v) is 8.34. The minimum atomic E-state index is -4.40. The number of aromatic nitrogens is 2. The minimum Gasteiger partial charge on any atom is -0.330 e. The molecule has 0 radical (unpaired) electrons. The zero-order chi connectivity index (χ0) is 28.7. The second-order valence-corrected chi connectivity index (χ2v) is 11.6. The first-order valence-electron chi connectivity index (χ1n) is 12.0. The molecule has 1 fully saturated rings. The standard InChI is InChI=1S/C27H21Cl2F3N4O3S/c28-20-8-11-22(23(29)13-20)24-15-35(25(33-24)12-5-17-1-6-19(7-2-17)27(30,31)32)14-18-3-9-21(10-4-18)36-16-26(37)34-40(36,38)39/h1-4,6-11,13,15H,5,12,14,16H2,(H,34,37). The zero-order valence-electron chi connectivity index (χ0n) is 20.6. The molecule has 7 nitrogen and oxygen atoms in total. The van der Waals surface area contributed by atoms with E-state index in [1.54, 1.807) is 42.5 Å². The molecular weight excluding hydrogens is 588 g/mol. The average molecular weight is 609 g/mol. The fourth-order valence-corrected chi connectivity index (χ4v) is 6.03. The number of rotatable bonds is 7. The summed E-state index contributed by atoms with van der Waals surface area (Å²) in [4.78, 5) is 16.3. The van der Waals surface area contributed by atoms with Crippen molar-refractivity contribution in [1.29, 1.82) is 0 Å². The number of hydrogen-bond acceptors (Lipinski definition) is 4. The highest BCUT2D eigenvalue weighted by molar-refractivity contribution is 7.92. The summed E-state index contributed by atoms with van der Waals surface area (Å²) in [5, 5.41) is 0.901. The van der Waals surface area contributed by atoms with Gasteiger partial charge in [0.15, 0.2) is 0 Å². The van der Waals surface area contributed by atoms with Gasteiger partial charge in [0.1, 0.15) is 12.4 Å². The van der Waals surface area contributed by atoms with Gasteiger partial charge in [0.25, 0.3) is 5.91 Å². The molecule has 13 heteroatoms. The molecule has 1 aliphatic rings. The van der Waals surface area contributed by atoms with E-state index in [-0.39, 0.29) is 6.54 Å². The highest BCUT2D eigenvalue weighted by Gasteiger charge is 2.34. The summed E-state index contributed by atoms with van der Waals surface area (Å²) in [6, 6.07) is 16.8. The Kier molecular flexibility index (Phi) is 7.56. The Morgan fingerprint density at radius 2 is 1.60 bits per heavy atom. The van der Waals surface area contributed by atoms with Gasteiger partial charge in [0.05, 0.1) is 22.0 Å². The van der Waals surface area contributed by atoms with E-state index in [1.165, 1.54) is 12.1 Å². The average Bonchev–Trinajstić information content (AvgIpc) is 3.41. The normalized spacial score (nSPS) is 14.9. The Morgan fingerprint density at radius 3 is 2.20 bits per heavy atom. The summed E-state index contributed by atoms with van der Waals surface area (Å²) in [7, 11) is -3.91. The van der Waals surface area contributed by atoms with Crippen LogP contribution in [0.1, 0.15) is 22.5 Å². The van der Waals surface area contributed by atoms with Crippen LogP contribution in [0.4, 0.5) is 18.9 Å². The predicted octanol–water partition coefficient (Wildman–Crippen LogP) is 5.89. The number of hydrogen-bond donors (Lipinski definition) is 1. The number of carbonyl (C=O) groups is 1. The number of imidazole rings is 1. The van der Waals surface area contributed by atoms with Crippen molar-refractivity contribution in [2.45, 2.75) is 25.6 Å². The number of anilines is 1. The molecule has 0 aliphatic carbocycles. The molecule has 40 heavy (non-hydrogen) atoms. The van der Waals surface area contributed by atoms with Gasteiger partial charge in [-0.15, -0.1) is 0 Å². The molecule has 0 atom stereocenters. The maximum absolute atomic E-state index is 12.9. The van der Waals surface area contributed by atoms with Crippen LogP contribution >= 0.6 is 23.2 Å². The number of halogens is 5. The van der Waals surface area contributed by atoms with E-state index in [0.717, 1.165) is 27.6 Å². The Morgan fingerprint density at radius 1 is 0.925 bits per heavy atom. The first kappa shape index (κ1) is 28.0. The van der Waals surface area contributed by atoms with Gasteiger partial charge < -0.3 is 4.57 Å². The molecule has 3 aromatic carbocycles. The number of nitrogens with zero attached hydrogens (tertiary/aromatic N) is 3. The summed E-state index contributed by atoms with van der Waals surface area (Å²) >= 11 is 12.5. The van der Waals surface area contributed by atoms with Crippen molar-refractivity contribution in [1.82, 2.24) is 14.3 Å². The van der Waals surface area contributed by atoms with Gasteiger partial charge in [-0.3, -0.25) is 4.79 Å². The van der Waals surface area contributed by atoms with Crippen LogP contribution in [0.3, 0.4) is 0 Å². The van der Waals surface area contributed by atoms with Gasteiger partial charge in [0, 0.05) is 29.7 Å². The lowest BCUT2D eigenvalue weighted by molar-refractivity contribution is -0.137. The summed E-state index contributed by atoms with van der Waals surface area (Å²) in [6.45, 7) is 0.0905. The predicted molar refractivity (Wildman–Crippen MR) is 146 cm³/mol. The van der Waals surface area contributed by atoms with Gasteiger partial charge in [-0.05, 0) is 60.0 Å². The van der Waals surface area contributed by atoms with Crippen LogP contribution in [0.2, 0.25) is 10.0 Å². The van der Waals surface area contributed by atoms with Crippen LogP contribution in [-0.4, -0.2) is 30.4 Å². The lowest BCUT2D eigenvalue weighted by Gasteiger charge is -2.15. The molecule has 0 unspecified atom stereocenters. The molecule has 5 rings (SSSR count). The Bertz CT molecular complexity index is 1670. The molecule has 2 heterocycles. The first-order valence-corrected chi connectivity index (χ1v) is 14.2. The largest absolute Gasteiger partial charge is 0.416 e. The van der Waals surface area contributed by atoms with Gasteiger partial charge in [-0.1, -0.05) is 47.5 Å². The smallest absolute Gasteiger partial charge is 0.330 e. The molecule has 0 saturated carbocycles. The van der Waals surface area contributed by atoms with E-state index in [1.807, 2.05) is 15.5 Å². The molecule has 208 valence electrons. The monoisotopic (exact) mass is 608 g/mol. The molecule has 0 bridgehead atoms. The van der Waals surface area contributed by atoms with E-state index < -0.39 is 27.9 Å². The third kappa shape index (κ3) is 6.11. The SMILES string of the molecule is O=C1CN(c2ccc(Cn3cc(-c4ccc(Cl)cc4Cl)nc3CCc3ccc(C(F)(F)F)cc3)cc2)S(=O)(=O)N1. The van der Waals surface area contributed by atoms with Crippen LogP contribution in [-0.2, 0) is 40.6 Å². The topological polar surface area (TPSA) is 84.3 Å². The van der Waals surface area contributed by atoms with Crippen LogP contribution in [0.5, 0.6) is 0 Å². The van der Waals surface area contributed by atoms with Crippen LogP contribution < -0.4 is 9.03 Å². The van der Waals surface area contributed by atoms with E-state index in [4.69, 9.17) is 28.2 Å². The summed E-state index contributed by atoms with van der Waals surface area (Å²) < 4.78 is 67.9. The number of amides is 1. The van der Waals surface area contributed by atoms with Crippen molar-refractivity contribution < 1.29 is 26.4 Å². The lowest BCUT2D eigenvalue weighted by Crippen LogP contribution is -2.29.